The van der Waals surface area contributed by atoms with E-state index in [1.807, 2.05) is 12.1 Å². The Morgan fingerprint density at radius 2 is 1.75 bits per heavy atom. The third-order valence-electron chi connectivity index (χ3n) is 2.95. The molecule has 0 spiro atoms. The fourth-order valence-electron chi connectivity index (χ4n) is 1.90. The van der Waals surface area contributed by atoms with E-state index in [2.05, 4.69) is 15.9 Å². The number of hydrogen-bond donors (Lipinski definition) is 0. The van der Waals surface area contributed by atoms with Gasteiger partial charge in [-0.3, -0.25) is 0 Å². The standard InChI is InChI=1S/C15H13BrClFO2/c1-19-10-4-6-12(14(8-10)20-2)15(17)11-5-3-9(18)7-13(11)16/h3-8,15H,1-2H3. The number of ether oxygens (including phenoxy) is 2. The number of benzene rings is 2. The number of rotatable bonds is 4. The van der Waals surface area contributed by atoms with Crippen molar-refractivity contribution in [3.8, 4) is 11.5 Å². The minimum Gasteiger partial charge on any atom is -0.497 e. The largest absolute Gasteiger partial charge is 0.497 e. The van der Waals surface area contributed by atoms with Crippen LogP contribution in [0.4, 0.5) is 4.39 Å². The van der Waals surface area contributed by atoms with E-state index in [0.29, 0.717) is 16.0 Å². The summed E-state index contributed by atoms with van der Waals surface area (Å²) >= 11 is 9.83. The van der Waals surface area contributed by atoms with Crippen LogP contribution >= 0.6 is 27.5 Å². The fraction of sp³-hybridized carbons (Fsp3) is 0.200. The second-order valence-corrected chi connectivity index (χ2v) is 5.43. The number of alkyl halides is 1. The molecule has 2 rings (SSSR count). The molecule has 1 atom stereocenters. The van der Waals surface area contributed by atoms with Gasteiger partial charge in [0, 0.05) is 16.1 Å². The van der Waals surface area contributed by atoms with Crippen molar-refractivity contribution < 1.29 is 13.9 Å². The van der Waals surface area contributed by atoms with Crippen molar-refractivity contribution >= 4 is 27.5 Å². The first-order valence-corrected chi connectivity index (χ1v) is 7.10. The molecular weight excluding hydrogens is 347 g/mol. The van der Waals surface area contributed by atoms with Gasteiger partial charge < -0.3 is 9.47 Å². The first kappa shape index (κ1) is 15.1. The third-order valence-corrected chi connectivity index (χ3v) is 4.11. The minimum atomic E-state index is -0.453. The van der Waals surface area contributed by atoms with Crippen LogP contribution in [0.15, 0.2) is 40.9 Å². The average molecular weight is 360 g/mol. The molecule has 0 bridgehead atoms. The molecular formula is C15H13BrClFO2. The van der Waals surface area contributed by atoms with Gasteiger partial charge in [0.1, 0.15) is 17.3 Å². The fourth-order valence-corrected chi connectivity index (χ4v) is 2.98. The summed E-state index contributed by atoms with van der Waals surface area (Å²) in [7, 11) is 3.16. The molecule has 2 nitrogen and oxygen atoms in total. The Bertz CT molecular complexity index is 619. The molecule has 1 unspecified atom stereocenters. The van der Waals surface area contributed by atoms with E-state index < -0.39 is 5.38 Å². The Labute approximate surface area is 130 Å². The van der Waals surface area contributed by atoms with E-state index in [9.17, 15) is 4.39 Å². The van der Waals surface area contributed by atoms with Crippen molar-refractivity contribution in [3.63, 3.8) is 0 Å². The van der Waals surface area contributed by atoms with Gasteiger partial charge in [0.15, 0.2) is 0 Å². The van der Waals surface area contributed by atoms with E-state index in [0.717, 1.165) is 11.1 Å². The van der Waals surface area contributed by atoms with E-state index in [4.69, 9.17) is 21.1 Å². The lowest BCUT2D eigenvalue weighted by Crippen LogP contribution is -1.99. The lowest BCUT2D eigenvalue weighted by molar-refractivity contribution is 0.391. The Morgan fingerprint density at radius 3 is 2.35 bits per heavy atom. The van der Waals surface area contributed by atoms with E-state index in [-0.39, 0.29) is 5.82 Å². The maximum Gasteiger partial charge on any atom is 0.127 e. The lowest BCUT2D eigenvalue weighted by Gasteiger charge is -2.16. The first-order chi connectivity index (χ1) is 9.56. The van der Waals surface area contributed by atoms with Crippen molar-refractivity contribution in [1.29, 1.82) is 0 Å². The molecule has 0 radical (unpaired) electrons. The summed E-state index contributed by atoms with van der Waals surface area (Å²) < 4.78 is 24.3. The zero-order valence-corrected chi connectivity index (χ0v) is 13.3. The third kappa shape index (κ3) is 3.07. The Kier molecular flexibility index (Phi) is 4.89. The summed E-state index contributed by atoms with van der Waals surface area (Å²) in [6, 6.07) is 9.84. The topological polar surface area (TPSA) is 18.5 Å². The molecule has 0 saturated heterocycles. The van der Waals surface area contributed by atoms with Crippen molar-refractivity contribution in [1.82, 2.24) is 0 Å². The van der Waals surface area contributed by atoms with E-state index in [1.165, 1.54) is 12.1 Å². The summed E-state index contributed by atoms with van der Waals surface area (Å²) in [6.45, 7) is 0. The molecule has 0 heterocycles. The monoisotopic (exact) mass is 358 g/mol. The van der Waals surface area contributed by atoms with Crippen LogP contribution in [0.1, 0.15) is 16.5 Å². The van der Waals surface area contributed by atoms with Crippen LogP contribution in [0.3, 0.4) is 0 Å². The van der Waals surface area contributed by atoms with E-state index >= 15 is 0 Å². The molecule has 0 aromatic heterocycles. The van der Waals surface area contributed by atoms with Crippen LogP contribution in [0.2, 0.25) is 0 Å². The smallest absolute Gasteiger partial charge is 0.127 e. The Balaban J connectivity index is 2.44. The van der Waals surface area contributed by atoms with Gasteiger partial charge in [-0.2, -0.15) is 0 Å². The molecule has 20 heavy (non-hydrogen) atoms. The highest BCUT2D eigenvalue weighted by Crippen LogP contribution is 2.39. The summed E-state index contributed by atoms with van der Waals surface area (Å²) in [5.74, 6) is 0.999. The van der Waals surface area contributed by atoms with Crippen molar-refractivity contribution in [2.45, 2.75) is 5.38 Å². The molecule has 0 aliphatic carbocycles. The van der Waals surface area contributed by atoms with Crippen LogP contribution in [0, 0.1) is 5.82 Å². The summed E-state index contributed by atoms with van der Waals surface area (Å²) in [5.41, 5.74) is 1.57. The summed E-state index contributed by atoms with van der Waals surface area (Å²) in [5, 5.41) is -0.453. The van der Waals surface area contributed by atoms with Gasteiger partial charge in [-0.15, -0.1) is 11.6 Å². The predicted octanol–water partition coefficient (Wildman–Crippen LogP) is 4.93. The Morgan fingerprint density at radius 1 is 1.05 bits per heavy atom. The minimum absolute atomic E-state index is 0.314. The second-order valence-electron chi connectivity index (χ2n) is 4.14. The van der Waals surface area contributed by atoms with Crippen LogP contribution in [0.5, 0.6) is 11.5 Å². The highest BCUT2D eigenvalue weighted by molar-refractivity contribution is 9.10. The van der Waals surface area contributed by atoms with Crippen molar-refractivity contribution in [2.75, 3.05) is 14.2 Å². The maximum atomic E-state index is 13.1. The van der Waals surface area contributed by atoms with Gasteiger partial charge in [0.05, 0.1) is 19.6 Å². The summed E-state index contributed by atoms with van der Waals surface area (Å²) in [4.78, 5) is 0. The average Bonchev–Trinajstić information content (AvgIpc) is 2.46. The van der Waals surface area contributed by atoms with Gasteiger partial charge in [-0.1, -0.05) is 22.0 Å². The molecule has 0 fully saturated rings. The molecule has 106 valence electrons. The molecule has 5 heteroatoms. The van der Waals surface area contributed by atoms with Crippen molar-refractivity contribution in [3.05, 3.63) is 57.8 Å². The van der Waals surface area contributed by atoms with Crippen LogP contribution in [0.25, 0.3) is 0 Å². The van der Waals surface area contributed by atoms with Crippen LogP contribution in [-0.4, -0.2) is 14.2 Å². The molecule has 2 aromatic carbocycles. The zero-order valence-electron chi connectivity index (χ0n) is 11.0. The SMILES string of the molecule is COc1ccc(C(Cl)c2ccc(F)cc2Br)c(OC)c1. The second kappa shape index (κ2) is 6.46. The first-order valence-electron chi connectivity index (χ1n) is 5.87. The van der Waals surface area contributed by atoms with Gasteiger partial charge in [-0.05, 0) is 29.8 Å². The quantitative estimate of drug-likeness (QED) is 0.720. The Hall–Kier alpha value is -1.26. The number of methoxy groups -OCH3 is 2. The van der Waals surface area contributed by atoms with Crippen LogP contribution < -0.4 is 9.47 Å². The molecule has 0 aliphatic rings. The molecule has 0 saturated carbocycles. The van der Waals surface area contributed by atoms with Crippen LogP contribution in [-0.2, 0) is 0 Å². The molecule has 2 aromatic rings. The number of halogens is 3. The van der Waals surface area contributed by atoms with Crippen molar-refractivity contribution in [2.24, 2.45) is 0 Å². The highest BCUT2D eigenvalue weighted by atomic mass is 79.9. The van der Waals surface area contributed by atoms with Gasteiger partial charge >= 0.3 is 0 Å². The molecule has 0 aliphatic heterocycles. The van der Waals surface area contributed by atoms with Gasteiger partial charge in [-0.25, -0.2) is 4.39 Å². The maximum absolute atomic E-state index is 13.1. The van der Waals surface area contributed by atoms with Gasteiger partial charge in [0.2, 0.25) is 0 Å². The lowest BCUT2D eigenvalue weighted by atomic mass is 10.0. The molecule has 0 N–H and O–H groups in total. The normalized spacial score (nSPS) is 12.1. The highest BCUT2D eigenvalue weighted by Gasteiger charge is 2.19. The molecule has 0 amide bonds. The predicted molar refractivity (Wildman–Crippen MR) is 81.3 cm³/mol. The number of hydrogen-bond acceptors (Lipinski definition) is 2. The van der Waals surface area contributed by atoms with E-state index in [1.54, 1.807) is 26.4 Å². The zero-order chi connectivity index (χ0) is 14.7. The summed E-state index contributed by atoms with van der Waals surface area (Å²) in [6.07, 6.45) is 0. The van der Waals surface area contributed by atoms with Gasteiger partial charge in [0.25, 0.3) is 0 Å².